The first-order chi connectivity index (χ1) is 14.4. The summed E-state index contributed by atoms with van der Waals surface area (Å²) in [6, 6.07) is 11.8. The van der Waals surface area contributed by atoms with E-state index in [2.05, 4.69) is 35.5 Å². The van der Waals surface area contributed by atoms with E-state index < -0.39 is 0 Å². The fourth-order valence-electron chi connectivity index (χ4n) is 3.41. The van der Waals surface area contributed by atoms with Crippen LogP contribution in [0.4, 0.5) is 5.82 Å². The Morgan fingerprint density at radius 3 is 2.70 bits per heavy atom. The van der Waals surface area contributed by atoms with Gasteiger partial charge in [0.2, 0.25) is 0 Å². The molecule has 1 aliphatic rings. The molecule has 0 radical (unpaired) electrons. The summed E-state index contributed by atoms with van der Waals surface area (Å²) in [6.07, 6.45) is 5.30. The van der Waals surface area contributed by atoms with Crippen molar-refractivity contribution in [1.29, 1.82) is 0 Å². The summed E-state index contributed by atoms with van der Waals surface area (Å²) >= 11 is 0. The van der Waals surface area contributed by atoms with Gasteiger partial charge in [-0.05, 0) is 68.0 Å². The number of amides is 1. The maximum Gasteiger partial charge on any atom is 0.297 e. The fraction of sp³-hybridized carbons (Fsp3) is 0.292. The van der Waals surface area contributed by atoms with Crippen LogP contribution in [0.15, 0.2) is 53.6 Å². The molecule has 6 nitrogen and oxygen atoms in total. The second-order valence-corrected chi connectivity index (χ2v) is 7.91. The molecule has 3 aromatic rings. The molecule has 30 heavy (non-hydrogen) atoms. The third kappa shape index (κ3) is 4.13. The Labute approximate surface area is 176 Å². The number of hydrogen-bond acceptors (Lipinski definition) is 4. The Bertz CT molecular complexity index is 1160. The standard InChI is InChI=1S/C24H26N4O2/c1-15-5-4-6-19(17(15)3)14-26-22-24(30)28(12-11-25-22)21-13-18(8-7-16(21)2)23(29)27-20-9-10-20/h4-8,11-13,20H,9-10,14H2,1-3H3,(H,25,26)(H,27,29). The van der Waals surface area contributed by atoms with E-state index >= 15 is 0 Å². The van der Waals surface area contributed by atoms with Gasteiger partial charge in [0, 0.05) is 30.5 Å². The van der Waals surface area contributed by atoms with Crippen LogP contribution in [0, 0.1) is 20.8 Å². The van der Waals surface area contributed by atoms with Gasteiger partial charge < -0.3 is 10.6 Å². The molecule has 2 N–H and O–H groups in total. The van der Waals surface area contributed by atoms with Crippen molar-refractivity contribution < 1.29 is 4.79 Å². The predicted octanol–water partition coefficient (Wildman–Crippen LogP) is 3.66. The molecule has 1 amide bonds. The highest BCUT2D eigenvalue weighted by molar-refractivity contribution is 5.95. The second kappa shape index (κ2) is 8.14. The van der Waals surface area contributed by atoms with Crippen molar-refractivity contribution >= 4 is 11.7 Å². The van der Waals surface area contributed by atoms with Crippen molar-refractivity contribution in [2.45, 2.75) is 46.2 Å². The van der Waals surface area contributed by atoms with Gasteiger partial charge in [-0.1, -0.05) is 24.3 Å². The number of benzene rings is 2. The normalized spacial score (nSPS) is 13.2. The lowest BCUT2D eigenvalue weighted by atomic mass is 10.0. The summed E-state index contributed by atoms with van der Waals surface area (Å²) in [7, 11) is 0. The summed E-state index contributed by atoms with van der Waals surface area (Å²) in [6.45, 7) is 6.59. The predicted molar refractivity (Wildman–Crippen MR) is 118 cm³/mol. The maximum atomic E-state index is 13.1. The molecule has 2 aromatic carbocycles. The lowest BCUT2D eigenvalue weighted by molar-refractivity contribution is 0.0951. The Morgan fingerprint density at radius 2 is 1.93 bits per heavy atom. The molecule has 1 saturated carbocycles. The molecule has 0 aliphatic heterocycles. The van der Waals surface area contributed by atoms with Gasteiger partial charge >= 0.3 is 0 Å². The van der Waals surface area contributed by atoms with E-state index in [9.17, 15) is 9.59 Å². The van der Waals surface area contributed by atoms with E-state index in [1.165, 1.54) is 11.1 Å². The minimum atomic E-state index is -0.245. The molecule has 0 bridgehead atoms. The van der Waals surface area contributed by atoms with Crippen molar-refractivity contribution in [2.24, 2.45) is 0 Å². The number of rotatable bonds is 6. The number of carbonyl (C=O) groups excluding carboxylic acids is 1. The highest BCUT2D eigenvalue weighted by atomic mass is 16.2. The molecular formula is C24H26N4O2. The van der Waals surface area contributed by atoms with Crippen LogP contribution in [0.3, 0.4) is 0 Å². The van der Waals surface area contributed by atoms with Gasteiger partial charge in [-0.25, -0.2) is 4.98 Å². The smallest absolute Gasteiger partial charge is 0.297 e. The highest BCUT2D eigenvalue weighted by Gasteiger charge is 2.24. The number of nitrogens with zero attached hydrogens (tertiary/aromatic N) is 2. The van der Waals surface area contributed by atoms with E-state index in [0.29, 0.717) is 17.8 Å². The van der Waals surface area contributed by atoms with Gasteiger partial charge in [0.1, 0.15) is 0 Å². The van der Waals surface area contributed by atoms with Gasteiger partial charge in [-0.15, -0.1) is 0 Å². The average Bonchev–Trinajstić information content (AvgIpc) is 3.54. The van der Waals surface area contributed by atoms with Crippen LogP contribution in [0.2, 0.25) is 0 Å². The molecule has 0 unspecified atom stereocenters. The van der Waals surface area contributed by atoms with Crippen LogP contribution in [0.1, 0.15) is 45.5 Å². The second-order valence-electron chi connectivity index (χ2n) is 7.91. The number of hydrogen-bond donors (Lipinski definition) is 2. The Hall–Kier alpha value is -3.41. The maximum absolute atomic E-state index is 13.1. The minimum Gasteiger partial charge on any atom is -0.361 e. The zero-order valence-corrected chi connectivity index (χ0v) is 17.5. The summed E-state index contributed by atoms with van der Waals surface area (Å²) < 4.78 is 1.54. The molecule has 1 aliphatic carbocycles. The largest absolute Gasteiger partial charge is 0.361 e. The first-order valence-electron chi connectivity index (χ1n) is 10.2. The van der Waals surface area contributed by atoms with Gasteiger partial charge in [0.05, 0.1) is 5.69 Å². The van der Waals surface area contributed by atoms with Crippen molar-refractivity contribution in [3.05, 3.63) is 87.0 Å². The zero-order chi connectivity index (χ0) is 21.3. The van der Waals surface area contributed by atoms with Crippen LogP contribution in [-0.4, -0.2) is 21.5 Å². The Morgan fingerprint density at radius 1 is 1.13 bits per heavy atom. The van der Waals surface area contributed by atoms with E-state index in [4.69, 9.17) is 0 Å². The van der Waals surface area contributed by atoms with Crippen LogP contribution >= 0.6 is 0 Å². The SMILES string of the molecule is Cc1ccc(C(=O)NC2CC2)cc1-n1ccnc(NCc2cccc(C)c2C)c1=O. The van der Waals surface area contributed by atoms with E-state index in [0.717, 1.165) is 24.0 Å². The Kier molecular flexibility index (Phi) is 5.40. The molecule has 4 rings (SSSR count). The molecule has 0 atom stereocenters. The molecule has 1 heterocycles. The lowest BCUT2D eigenvalue weighted by Gasteiger charge is -2.14. The molecule has 0 spiro atoms. The average molecular weight is 402 g/mol. The van der Waals surface area contributed by atoms with Crippen LogP contribution < -0.4 is 16.2 Å². The van der Waals surface area contributed by atoms with Crippen molar-refractivity contribution in [2.75, 3.05) is 5.32 Å². The van der Waals surface area contributed by atoms with Gasteiger partial charge in [0.15, 0.2) is 5.82 Å². The highest BCUT2D eigenvalue weighted by Crippen LogP contribution is 2.21. The van der Waals surface area contributed by atoms with E-state index in [1.54, 1.807) is 29.1 Å². The Balaban J connectivity index is 1.62. The van der Waals surface area contributed by atoms with Gasteiger partial charge in [-0.3, -0.25) is 14.2 Å². The number of aromatic nitrogens is 2. The molecule has 1 aromatic heterocycles. The van der Waals surface area contributed by atoms with E-state index in [1.807, 2.05) is 25.1 Å². The van der Waals surface area contributed by atoms with E-state index in [-0.39, 0.29) is 23.3 Å². The molecule has 1 fully saturated rings. The fourth-order valence-corrected chi connectivity index (χ4v) is 3.41. The quantitative estimate of drug-likeness (QED) is 0.660. The minimum absolute atomic E-state index is 0.103. The topological polar surface area (TPSA) is 76.0 Å². The van der Waals surface area contributed by atoms with Gasteiger partial charge in [0.25, 0.3) is 11.5 Å². The van der Waals surface area contributed by atoms with Crippen LogP contribution in [-0.2, 0) is 6.54 Å². The van der Waals surface area contributed by atoms with Crippen molar-refractivity contribution in [1.82, 2.24) is 14.9 Å². The molecule has 6 heteroatoms. The van der Waals surface area contributed by atoms with Crippen molar-refractivity contribution in [3.63, 3.8) is 0 Å². The summed E-state index contributed by atoms with van der Waals surface area (Å²) in [5.74, 6) is 0.180. The number of anilines is 1. The number of aryl methyl sites for hydroxylation is 2. The molecule has 154 valence electrons. The monoisotopic (exact) mass is 402 g/mol. The zero-order valence-electron chi connectivity index (χ0n) is 17.5. The van der Waals surface area contributed by atoms with Crippen LogP contribution in [0.5, 0.6) is 0 Å². The summed E-state index contributed by atoms with van der Waals surface area (Å²) in [4.78, 5) is 29.8. The first-order valence-corrected chi connectivity index (χ1v) is 10.2. The molecule has 0 saturated heterocycles. The molecular weight excluding hydrogens is 376 g/mol. The van der Waals surface area contributed by atoms with Gasteiger partial charge in [-0.2, -0.15) is 0 Å². The third-order valence-corrected chi connectivity index (χ3v) is 5.65. The lowest BCUT2D eigenvalue weighted by Crippen LogP contribution is -2.26. The van der Waals surface area contributed by atoms with Crippen LogP contribution in [0.25, 0.3) is 5.69 Å². The summed E-state index contributed by atoms with van der Waals surface area (Å²) in [5, 5.41) is 6.17. The third-order valence-electron chi connectivity index (χ3n) is 5.65. The van der Waals surface area contributed by atoms with Crippen molar-refractivity contribution in [3.8, 4) is 5.69 Å². The number of nitrogens with one attached hydrogen (secondary N) is 2. The first kappa shape index (κ1) is 19.9. The summed E-state index contributed by atoms with van der Waals surface area (Å²) in [5.41, 5.74) is 5.44. The number of carbonyl (C=O) groups is 1.